The third kappa shape index (κ3) is 5.14. The zero-order valence-corrected chi connectivity index (χ0v) is 20.9. The molecule has 0 fully saturated rings. The molecular weight excluding hydrogens is 450 g/mol. The first kappa shape index (κ1) is 23.9. The Kier molecular flexibility index (Phi) is 7.62. The number of nitrogens with zero attached hydrogens (tertiary/aromatic N) is 4. The standard InChI is InChI=1S/C25H31N5O3S/c1-5-29(6-2)20-11-9-19(10-12-20)23-27-28-25(30(23)7-3)34-17(4)24(31)26-15-18-8-13-21-22(14-18)33-16-32-21/h8-14,17H,5-7,15-16H2,1-4H3,(H,26,31). The van der Waals surface area contributed by atoms with Crippen LogP contribution in [-0.4, -0.2) is 45.8 Å². The highest BCUT2D eigenvalue weighted by Crippen LogP contribution is 2.32. The minimum absolute atomic E-state index is 0.0570. The molecule has 0 radical (unpaired) electrons. The minimum atomic E-state index is -0.318. The summed E-state index contributed by atoms with van der Waals surface area (Å²) in [5, 5.41) is 12.2. The Morgan fingerprint density at radius 2 is 1.82 bits per heavy atom. The first-order valence-electron chi connectivity index (χ1n) is 11.7. The van der Waals surface area contributed by atoms with E-state index in [1.165, 1.54) is 17.4 Å². The van der Waals surface area contributed by atoms with Crippen LogP contribution in [0.25, 0.3) is 11.4 Å². The van der Waals surface area contributed by atoms with Gasteiger partial charge in [-0.15, -0.1) is 10.2 Å². The topological polar surface area (TPSA) is 81.5 Å². The molecule has 1 aliphatic rings. The molecule has 1 amide bonds. The van der Waals surface area contributed by atoms with Crippen LogP contribution in [0.15, 0.2) is 47.6 Å². The highest BCUT2D eigenvalue weighted by molar-refractivity contribution is 8.00. The number of hydrogen-bond donors (Lipinski definition) is 1. The van der Waals surface area contributed by atoms with E-state index in [1.807, 2.05) is 25.1 Å². The highest BCUT2D eigenvalue weighted by atomic mass is 32.2. The summed E-state index contributed by atoms with van der Waals surface area (Å²) >= 11 is 1.41. The molecular formula is C25H31N5O3S. The van der Waals surface area contributed by atoms with Gasteiger partial charge in [0.2, 0.25) is 12.7 Å². The largest absolute Gasteiger partial charge is 0.454 e. The molecule has 180 valence electrons. The van der Waals surface area contributed by atoms with Crippen molar-refractivity contribution in [3.63, 3.8) is 0 Å². The van der Waals surface area contributed by atoms with Gasteiger partial charge in [-0.2, -0.15) is 0 Å². The average molecular weight is 482 g/mol. The maximum Gasteiger partial charge on any atom is 0.233 e. The molecule has 0 aliphatic carbocycles. The zero-order chi connectivity index (χ0) is 24.1. The van der Waals surface area contributed by atoms with Gasteiger partial charge in [0.1, 0.15) is 0 Å². The van der Waals surface area contributed by atoms with Crippen molar-refractivity contribution in [2.45, 2.75) is 51.2 Å². The van der Waals surface area contributed by atoms with Crippen LogP contribution in [0.2, 0.25) is 0 Å². The number of fused-ring (bicyclic) bond motifs is 1. The number of benzene rings is 2. The lowest BCUT2D eigenvalue weighted by Gasteiger charge is -2.21. The monoisotopic (exact) mass is 481 g/mol. The molecule has 2 aromatic carbocycles. The Morgan fingerprint density at radius 1 is 1.09 bits per heavy atom. The lowest BCUT2D eigenvalue weighted by molar-refractivity contribution is -0.120. The van der Waals surface area contributed by atoms with Gasteiger partial charge in [0, 0.05) is 37.4 Å². The number of thioether (sulfide) groups is 1. The van der Waals surface area contributed by atoms with E-state index in [-0.39, 0.29) is 18.0 Å². The summed E-state index contributed by atoms with van der Waals surface area (Å²) in [4.78, 5) is 15.0. The molecule has 0 spiro atoms. The lowest BCUT2D eigenvalue weighted by Crippen LogP contribution is -2.30. The highest BCUT2D eigenvalue weighted by Gasteiger charge is 2.21. The average Bonchev–Trinajstić information content (AvgIpc) is 3.50. The van der Waals surface area contributed by atoms with Crippen LogP contribution in [0.5, 0.6) is 11.5 Å². The van der Waals surface area contributed by atoms with Crippen molar-refractivity contribution in [2.75, 3.05) is 24.8 Å². The van der Waals surface area contributed by atoms with E-state index in [2.05, 4.69) is 70.0 Å². The van der Waals surface area contributed by atoms with E-state index in [4.69, 9.17) is 9.47 Å². The van der Waals surface area contributed by atoms with Gasteiger partial charge in [-0.05, 0) is 69.7 Å². The third-order valence-corrected chi connectivity index (χ3v) is 6.92. The second kappa shape index (κ2) is 10.8. The Hall–Kier alpha value is -3.20. The second-order valence-electron chi connectivity index (χ2n) is 7.94. The van der Waals surface area contributed by atoms with Crippen molar-refractivity contribution in [1.29, 1.82) is 0 Å². The predicted octanol–water partition coefficient (Wildman–Crippen LogP) is 4.34. The molecule has 1 N–H and O–H groups in total. The maximum absolute atomic E-state index is 12.7. The summed E-state index contributed by atoms with van der Waals surface area (Å²) in [6.07, 6.45) is 0. The summed E-state index contributed by atoms with van der Waals surface area (Å²) in [5.41, 5.74) is 3.16. The number of ether oxygens (including phenoxy) is 2. The van der Waals surface area contributed by atoms with Crippen molar-refractivity contribution >= 4 is 23.4 Å². The van der Waals surface area contributed by atoms with Crippen molar-refractivity contribution in [1.82, 2.24) is 20.1 Å². The molecule has 3 aromatic rings. The number of amides is 1. The van der Waals surface area contributed by atoms with Crippen LogP contribution in [0.3, 0.4) is 0 Å². The summed E-state index contributed by atoms with van der Waals surface area (Å²) in [6.45, 7) is 11.6. The van der Waals surface area contributed by atoms with Crippen molar-refractivity contribution in [3.05, 3.63) is 48.0 Å². The van der Waals surface area contributed by atoms with Gasteiger partial charge in [0.25, 0.3) is 0 Å². The lowest BCUT2D eigenvalue weighted by atomic mass is 10.2. The molecule has 0 saturated heterocycles. The zero-order valence-electron chi connectivity index (χ0n) is 20.1. The molecule has 0 bridgehead atoms. The van der Waals surface area contributed by atoms with E-state index in [0.717, 1.165) is 40.9 Å². The predicted molar refractivity (Wildman–Crippen MR) is 134 cm³/mol. The van der Waals surface area contributed by atoms with Crippen LogP contribution in [0.1, 0.15) is 33.3 Å². The SMILES string of the molecule is CCN(CC)c1ccc(-c2nnc(SC(C)C(=O)NCc3ccc4c(c3)OCO4)n2CC)cc1. The van der Waals surface area contributed by atoms with Crippen molar-refractivity contribution in [3.8, 4) is 22.9 Å². The molecule has 1 aromatic heterocycles. The number of anilines is 1. The number of rotatable bonds is 10. The van der Waals surface area contributed by atoms with Gasteiger partial charge < -0.3 is 24.3 Å². The van der Waals surface area contributed by atoms with E-state index < -0.39 is 0 Å². The molecule has 1 unspecified atom stereocenters. The minimum Gasteiger partial charge on any atom is -0.454 e. The fourth-order valence-electron chi connectivity index (χ4n) is 3.88. The Bertz CT molecular complexity index is 1130. The Balaban J connectivity index is 1.40. The van der Waals surface area contributed by atoms with Gasteiger partial charge in [0.15, 0.2) is 22.5 Å². The van der Waals surface area contributed by atoms with Gasteiger partial charge in [-0.3, -0.25) is 4.79 Å². The van der Waals surface area contributed by atoms with Gasteiger partial charge in [-0.25, -0.2) is 0 Å². The molecule has 0 saturated carbocycles. The number of hydrogen-bond acceptors (Lipinski definition) is 7. The smallest absolute Gasteiger partial charge is 0.233 e. The fourth-order valence-corrected chi connectivity index (χ4v) is 4.82. The van der Waals surface area contributed by atoms with Crippen molar-refractivity contribution < 1.29 is 14.3 Å². The quantitative estimate of drug-likeness (QED) is 0.432. The molecule has 1 aliphatic heterocycles. The van der Waals surface area contributed by atoms with E-state index in [1.54, 1.807) is 0 Å². The summed E-state index contributed by atoms with van der Waals surface area (Å²) in [6, 6.07) is 14.1. The first-order valence-corrected chi connectivity index (χ1v) is 12.5. The molecule has 34 heavy (non-hydrogen) atoms. The number of carbonyl (C=O) groups is 1. The van der Waals surface area contributed by atoms with Crippen LogP contribution < -0.4 is 19.7 Å². The molecule has 4 rings (SSSR count). The normalized spacial score (nSPS) is 13.1. The summed E-state index contributed by atoms with van der Waals surface area (Å²) < 4.78 is 12.8. The molecule has 8 nitrogen and oxygen atoms in total. The molecule has 1 atom stereocenters. The van der Waals surface area contributed by atoms with Crippen LogP contribution in [0, 0.1) is 0 Å². The number of carbonyl (C=O) groups excluding carboxylic acids is 1. The van der Waals surface area contributed by atoms with Gasteiger partial charge >= 0.3 is 0 Å². The van der Waals surface area contributed by atoms with Gasteiger partial charge in [0.05, 0.1) is 5.25 Å². The van der Waals surface area contributed by atoms with E-state index in [0.29, 0.717) is 18.8 Å². The molecule has 2 heterocycles. The van der Waals surface area contributed by atoms with Crippen molar-refractivity contribution in [2.24, 2.45) is 0 Å². The van der Waals surface area contributed by atoms with Crippen LogP contribution in [-0.2, 0) is 17.9 Å². The van der Waals surface area contributed by atoms with E-state index in [9.17, 15) is 4.79 Å². The Labute approximate surface area is 204 Å². The second-order valence-corrected chi connectivity index (χ2v) is 9.24. The summed E-state index contributed by atoms with van der Waals surface area (Å²) in [5.74, 6) is 2.20. The fraction of sp³-hybridized carbons (Fsp3) is 0.400. The van der Waals surface area contributed by atoms with E-state index >= 15 is 0 Å². The first-order chi connectivity index (χ1) is 16.5. The molecule has 9 heteroatoms. The van der Waals surface area contributed by atoms with Crippen LogP contribution in [0.4, 0.5) is 5.69 Å². The Morgan fingerprint density at radius 3 is 2.53 bits per heavy atom. The maximum atomic E-state index is 12.7. The number of aromatic nitrogens is 3. The third-order valence-electron chi connectivity index (χ3n) is 5.84. The van der Waals surface area contributed by atoms with Gasteiger partial charge in [-0.1, -0.05) is 17.8 Å². The number of nitrogens with one attached hydrogen (secondary N) is 1. The van der Waals surface area contributed by atoms with Crippen LogP contribution >= 0.6 is 11.8 Å². The summed E-state index contributed by atoms with van der Waals surface area (Å²) in [7, 11) is 0.